The minimum atomic E-state index is -1.97. The Morgan fingerprint density at radius 3 is 1.85 bits per heavy atom. The molecule has 4 heterocycles. The molecular formula is C33H40O21. The molecule has 0 saturated carbocycles. The molecule has 0 amide bonds. The molecule has 15 atom stereocenters. The molecule has 3 aliphatic rings. The van der Waals surface area contributed by atoms with Crippen LogP contribution in [0.2, 0.25) is 0 Å². The van der Waals surface area contributed by atoms with Gasteiger partial charge in [0.25, 0.3) is 0 Å². The van der Waals surface area contributed by atoms with Crippen molar-refractivity contribution in [1.82, 2.24) is 0 Å². The third-order valence-corrected chi connectivity index (χ3v) is 9.40. The summed E-state index contributed by atoms with van der Waals surface area (Å²) in [7, 11) is 0. The molecule has 3 fully saturated rings. The van der Waals surface area contributed by atoms with Crippen molar-refractivity contribution in [2.75, 3.05) is 13.2 Å². The lowest BCUT2D eigenvalue weighted by atomic mass is 9.97. The number of phenolic OH excluding ortho intramolecular Hbond substituents is 3. The number of rotatable bonds is 9. The molecule has 3 aromatic rings. The highest BCUT2D eigenvalue weighted by Crippen LogP contribution is 2.41. The van der Waals surface area contributed by atoms with Gasteiger partial charge in [-0.3, -0.25) is 4.79 Å². The maximum absolute atomic E-state index is 14.2. The quantitative estimate of drug-likeness (QED) is 0.0917. The Morgan fingerprint density at radius 1 is 0.630 bits per heavy atom. The summed E-state index contributed by atoms with van der Waals surface area (Å²) < 4.78 is 39.7. The Kier molecular flexibility index (Phi) is 11.5. The molecule has 2 aromatic carbocycles. The normalized spacial score (nSPS) is 37.3. The third-order valence-electron chi connectivity index (χ3n) is 9.40. The first-order valence-electron chi connectivity index (χ1n) is 16.5. The number of hydrogen-bond acceptors (Lipinski definition) is 21. The predicted molar refractivity (Wildman–Crippen MR) is 173 cm³/mol. The summed E-state index contributed by atoms with van der Waals surface area (Å²) in [5.74, 6) is -3.59. The lowest BCUT2D eigenvalue weighted by Crippen LogP contribution is -2.64. The maximum atomic E-state index is 14.2. The molecule has 0 spiro atoms. The minimum absolute atomic E-state index is 0.116. The Labute approximate surface area is 303 Å². The summed E-state index contributed by atoms with van der Waals surface area (Å²) in [5.41, 5.74) is -1.63. The van der Waals surface area contributed by atoms with E-state index in [1.165, 1.54) is 13.0 Å². The van der Waals surface area contributed by atoms with Crippen molar-refractivity contribution in [3.8, 4) is 40.1 Å². The molecule has 0 radical (unpaired) electrons. The van der Waals surface area contributed by atoms with E-state index in [0.29, 0.717) is 0 Å². The van der Waals surface area contributed by atoms with Gasteiger partial charge in [0.1, 0.15) is 83.5 Å². The number of aromatic hydroxyl groups is 3. The van der Waals surface area contributed by atoms with E-state index in [1.54, 1.807) is 0 Å². The molecule has 13 N–H and O–H groups in total. The van der Waals surface area contributed by atoms with Crippen LogP contribution in [-0.2, 0) is 18.9 Å². The van der Waals surface area contributed by atoms with E-state index in [4.69, 9.17) is 32.8 Å². The number of phenols is 3. The molecule has 1 aromatic heterocycles. The van der Waals surface area contributed by atoms with Crippen LogP contribution in [0.4, 0.5) is 0 Å². The van der Waals surface area contributed by atoms with Crippen molar-refractivity contribution in [2.45, 2.75) is 99.0 Å². The molecule has 0 unspecified atom stereocenters. The highest BCUT2D eigenvalue weighted by molar-refractivity contribution is 5.88. The fraction of sp³-hybridized carbons (Fsp3) is 0.545. The van der Waals surface area contributed by atoms with Crippen LogP contribution in [0, 0.1) is 0 Å². The molecule has 3 saturated heterocycles. The topological polar surface area (TPSA) is 349 Å². The van der Waals surface area contributed by atoms with Gasteiger partial charge < -0.3 is 99.2 Å². The van der Waals surface area contributed by atoms with Crippen molar-refractivity contribution < 1.29 is 99.2 Å². The number of aliphatic hydroxyl groups excluding tert-OH is 10. The van der Waals surface area contributed by atoms with E-state index in [9.17, 15) is 71.2 Å². The standard InChI is InChI=1S/C33H40O21/c1-9-19(39)25(45)30(54-32-27(47)24(44)21(41)17(8-35)52-32)33(48-9)53-29-22(42)18-14(38)5-11(49-31-26(46)23(43)20(40)16(7-34)51-31)6-15(18)50-28(29)10-2-3-12(36)13(37)4-10/h2-6,9,16-17,19-21,23-27,30-41,43-47H,7-8H2,1H3/t9-,16-,17+,19-,20+,21-,23-,24+,25+,26+,27+,30+,31-,32+,33+/m0/s1. The molecule has 21 heteroatoms. The first-order chi connectivity index (χ1) is 25.6. The van der Waals surface area contributed by atoms with E-state index >= 15 is 0 Å². The van der Waals surface area contributed by atoms with Gasteiger partial charge in [-0.2, -0.15) is 0 Å². The van der Waals surface area contributed by atoms with Crippen molar-refractivity contribution in [1.29, 1.82) is 0 Å². The molecule has 0 bridgehead atoms. The Bertz CT molecular complexity index is 1850. The average Bonchev–Trinajstić information content (AvgIpc) is 3.14. The second-order valence-corrected chi connectivity index (χ2v) is 13.0. The van der Waals surface area contributed by atoms with Crippen LogP contribution in [-0.4, -0.2) is 172 Å². The number of fused-ring (bicyclic) bond motifs is 1. The summed E-state index contributed by atoms with van der Waals surface area (Å²) in [4.78, 5) is 14.2. The zero-order chi connectivity index (χ0) is 39.3. The zero-order valence-electron chi connectivity index (χ0n) is 28.0. The smallest absolute Gasteiger partial charge is 0.239 e. The van der Waals surface area contributed by atoms with Crippen molar-refractivity contribution >= 4 is 11.0 Å². The second-order valence-electron chi connectivity index (χ2n) is 13.0. The summed E-state index contributed by atoms with van der Waals surface area (Å²) in [5, 5.41) is 133. The van der Waals surface area contributed by atoms with E-state index in [-0.39, 0.29) is 11.3 Å². The van der Waals surface area contributed by atoms with Gasteiger partial charge in [0.15, 0.2) is 29.7 Å². The Morgan fingerprint density at radius 2 is 1.24 bits per heavy atom. The van der Waals surface area contributed by atoms with Crippen LogP contribution >= 0.6 is 0 Å². The molecule has 298 valence electrons. The molecule has 6 rings (SSSR count). The third kappa shape index (κ3) is 7.27. The van der Waals surface area contributed by atoms with E-state index in [0.717, 1.165) is 24.3 Å². The fourth-order valence-electron chi connectivity index (χ4n) is 6.28. The first kappa shape index (κ1) is 39.8. The summed E-state index contributed by atoms with van der Waals surface area (Å²) >= 11 is 0. The summed E-state index contributed by atoms with van der Waals surface area (Å²) in [6.45, 7) is -0.255. The monoisotopic (exact) mass is 772 g/mol. The largest absolute Gasteiger partial charge is 0.507 e. The average molecular weight is 773 g/mol. The van der Waals surface area contributed by atoms with Crippen LogP contribution < -0.4 is 14.9 Å². The Hall–Kier alpha value is -3.91. The second kappa shape index (κ2) is 15.7. The first-order valence-corrected chi connectivity index (χ1v) is 16.5. The van der Waals surface area contributed by atoms with E-state index in [1.807, 2.05) is 0 Å². The highest BCUT2D eigenvalue weighted by Gasteiger charge is 2.51. The lowest BCUT2D eigenvalue weighted by molar-refractivity contribution is -0.355. The molecule has 0 aliphatic carbocycles. The predicted octanol–water partition coefficient (Wildman–Crippen LogP) is -4.21. The van der Waals surface area contributed by atoms with Gasteiger partial charge in [0, 0.05) is 17.7 Å². The molecular weight excluding hydrogens is 732 g/mol. The zero-order valence-corrected chi connectivity index (χ0v) is 28.0. The SMILES string of the molecule is C[C@@H]1O[C@H](Oc2c(-c3ccc(O)c(O)c3)oc3cc(O[C@H]4O[C@@H](CO)[C@@H](O)[C@H](O)[C@H]4O)cc(O)c3c2=O)[C@H](O[C@H]2O[C@H](CO)[C@H](O)[C@@H](O)[C@H]2O)[C@H](O)[C@H]1O. The van der Waals surface area contributed by atoms with E-state index < -0.39 is 150 Å². The Balaban J connectivity index is 1.42. The van der Waals surface area contributed by atoms with Gasteiger partial charge in [0.2, 0.25) is 23.8 Å². The molecule has 3 aliphatic heterocycles. The van der Waals surface area contributed by atoms with Crippen molar-refractivity contribution in [2.24, 2.45) is 0 Å². The number of ether oxygens (including phenoxy) is 6. The van der Waals surface area contributed by atoms with E-state index in [2.05, 4.69) is 0 Å². The van der Waals surface area contributed by atoms with Crippen LogP contribution in [0.3, 0.4) is 0 Å². The van der Waals surface area contributed by atoms with Crippen molar-refractivity contribution in [3.63, 3.8) is 0 Å². The van der Waals surface area contributed by atoms with Gasteiger partial charge in [-0.25, -0.2) is 0 Å². The van der Waals surface area contributed by atoms with Gasteiger partial charge in [0.05, 0.1) is 19.3 Å². The highest BCUT2D eigenvalue weighted by atomic mass is 16.8. The van der Waals surface area contributed by atoms with Crippen LogP contribution in [0.1, 0.15) is 6.92 Å². The number of aliphatic hydroxyl groups is 10. The number of hydrogen-bond donors (Lipinski definition) is 13. The number of benzene rings is 2. The lowest BCUT2D eigenvalue weighted by Gasteiger charge is -2.45. The maximum Gasteiger partial charge on any atom is 0.239 e. The van der Waals surface area contributed by atoms with Crippen molar-refractivity contribution in [3.05, 3.63) is 40.6 Å². The van der Waals surface area contributed by atoms with Gasteiger partial charge in [-0.05, 0) is 25.1 Å². The fourth-order valence-corrected chi connectivity index (χ4v) is 6.28. The van der Waals surface area contributed by atoms with Crippen LogP contribution in [0.15, 0.2) is 39.5 Å². The summed E-state index contributed by atoms with van der Waals surface area (Å²) in [6, 6.07) is 5.19. The summed E-state index contributed by atoms with van der Waals surface area (Å²) in [6.07, 6.45) is -25.8. The van der Waals surface area contributed by atoms with Crippen LogP contribution in [0.25, 0.3) is 22.3 Å². The van der Waals surface area contributed by atoms with Gasteiger partial charge >= 0.3 is 0 Å². The van der Waals surface area contributed by atoms with Gasteiger partial charge in [-0.15, -0.1) is 0 Å². The van der Waals surface area contributed by atoms with Crippen LogP contribution in [0.5, 0.6) is 28.7 Å². The molecule has 21 nitrogen and oxygen atoms in total. The minimum Gasteiger partial charge on any atom is -0.507 e. The molecule has 54 heavy (non-hydrogen) atoms. The van der Waals surface area contributed by atoms with Gasteiger partial charge in [-0.1, -0.05) is 0 Å².